The first kappa shape index (κ1) is 9.79. The van der Waals surface area contributed by atoms with Crippen LogP contribution in [0.3, 0.4) is 0 Å². The Hall–Kier alpha value is -0.410. The standard InChI is InChI=1S/C12H17NOS/c1-7-5-9(7)10-3-4-11(14-10)12-13-6-8(2)15-12/h3-4,7-9,12-13H,5-6H2,1-2H3. The summed E-state index contributed by atoms with van der Waals surface area (Å²) in [5.41, 5.74) is 0. The predicted molar refractivity (Wildman–Crippen MR) is 63.0 cm³/mol. The van der Waals surface area contributed by atoms with Crippen molar-refractivity contribution < 1.29 is 4.42 Å². The summed E-state index contributed by atoms with van der Waals surface area (Å²) in [4.78, 5) is 0. The van der Waals surface area contributed by atoms with E-state index in [0.29, 0.717) is 16.5 Å². The second-order valence-electron chi connectivity index (χ2n) is 4.79. The molecule has 0 spiro atoms. The summed E-state index contributed by atoms with van der Waals surface area (Å²) >= 11 is 1.96. The molecule has 4 atom stereocenters. The molecular weight excluding hydrogens is 206 g/mol. The quantitative estimate of drug-likeness (QED) is 0.834. The molecule has 3 heteroatoms. The Bertz CT molecular complexity index is 362. The molecule has 1 saturated heterocycles. The fourth-order valence-corrected chi connectivity index (χ4v) is 3.31. The molecule has 4 unspecified atom stereocenters. The second-order valence-corrected chi connectivity index (χ2v) is 6.34. The zero-order chi connectivity index (χ0) is 10.4. The van der Waals surface area contributed by atoms with E-state index in [1.807, 2.05) is 11.8 Å². The van der Waals surface area contributed by atoms with Gasteiger partial charge in [-0.3, -0.25) is 5.32 Å². The van der Waals surface area contributed by atoms with E-state index in [0.717, 1.165) is 18.2 Å². The first-order chi connectivity index (χ1) is 7.24. The number of rotatable bonds is 2. The molecule has 0 amide bonds. The van der Waals surface area contributed by atoms with Crippen LogP contribution in [0.4, 0.5) is 0 Å². The Labute approximate surface area is 94.8 Å². The van der Waals surface area contributed by atoms with Crippen molar-refractivity contribution in [1.29, 1.82) is 0 Å². The van der Waals surface area contributed by atoms with Crippen LogP contribution >= 0.6 is 11.8 Å². The van der Waals surface area contributed by atoms with Crippen LogP contribution in [0.1, 0.15) is 43.1 Å². The van der Waals surface area contributed by atoms with Crippen molar-refractivity contribution in [2.24, 2.45) is 5.92 Å². The minimum Gasteiger partial charge on any atom is -0.463 e. The largest absolute Gasteiger partial charge is 0.463 e. The molecule has 2 heterocycles. The molecular formula is C12H17NOS. The second kappa shape index (κ2) is 3.56. The topological polar surface area (TPSA) is 25.2 Å². The van der Waals surface area contributed by atoms with Gasteiger partial charge in [0.05, 0.1) is 0 Å². The molecule has 1 N–H and O–H groups in total. The Morgan fingerprint density at radius 1 is 1.33 bits per heavy atom. The Morgan fingerprint density at radius 2 is 2.07 bits per heavy atom. The molecule has 2 fully saturated rings. The number of hydrogen-bond acceptors (Lipinski definition) is 3. The summed E-state index contributed by atoms with van der Waals surface area (Å²) in [5.74, 6) is 3.83. The van der Waals surface area contributed by atoms with E-state index in [1.165, 1.54) is 12.2 Å². The lowest BCUT2D eigenvalue weighted by molar-refractivity contribution is 0.446. The minimum atomic E-state index is 0.378. The molecule has 0 bridgehead atoms. The van der Waals surface area contributed by atoms with Gasteiger partial charge in [0, 0.05) is 17.7 Å². The lowest BCUT2D eigenvalue weighted by Crippen LogP contribution is -2.13. The zero-order valence-corrected chi connectivity index (χ0v) is 10.0. The summed E-state index contributed by atoms with van der Waals surface area (Å²) in [6, 6.07) is 4.30. The van der Waals surface area contributed by atoms with Crippen LogP contribution in [0.5, 0.6) is 0 Å². The van der Waals surface area contributed by atoms with E-state index in [9.17, 15) is 0 Å². The maximum atomic E-state index is 5.93. The third-order valence-corrected chi connectivity index (χ3v) is 4.64. The summed E-state index contributed by atoms with van der Waals surface area (Å²) in [5, 5.41) is 4.55. The van der Waals surface area contributed by atoms with Gasteiger partial charge in [-0.15, -0.1) is 11.8 Å². The van der Waals surface area contributed by atoms with Gasteiger partial charge in [0.15, 0.2) is 0 Å². The summed E-state index contributed by atoms with van der Waals surface area (Å²) in [6.07, 6.45) is 1.30. The van der Waals surface area contributed by atoms with Gasteiger partial charge < -0.3 is 4.42 Å². The van der Waals surface area contributed by atoms with Crippen LogP contribution in [-0.4, -0.2) is 11.8 Å². The predicted octanol–water partition coefficient (Wildman–Crippen LogP) is 3.13. The van der Waals surface area contributed by atoms with Crippen LogP contribution in [0, 0.1) is 5.92 Å². The lowest BCUT2D eigenvalue weighted by Gasteiger charge is -2.05. The number of nitrogens with one attached hydrogen (secondary N) is 1. The monoisotopic (exact) mass is 223 g/mol. The van der Waals surface area contributed by atoms with E-state index in [4.69, 9.17) is 4.42 Å². The van der Waals surface area contributed by atoms with E-state index in [-0.39, 0.29) is 0 Å². The first-order valence-electron chi connectivity index (χ1n) is 5.72. The van der Waals surface area contributed by atoms with Crippen LogP contribution in [0.15, 0.2) is 16.5 Å². The number of furan rings is 1. The van der Waals surface area contributed by atoms with E-state index in [1.54, 1.807) is 0 Å². The average molecular weight is 223 g/mol. The van der Waals surface area contributed by atoms with Crippen LogP contribution in [0.2, 0.25) is 0 Å². The number of hydrogen-bond donors (Lipinski definition) is 1. The van der Waals surface area contributed by atoms with Crippen molar-refractivity contribution in [3.8, 4) is 0 Å². The Balaban J connectivity index is 1.73. The summed E-state index contributed by atoms with van der Waals surface area (Å²) in [6.45, 7) is 5.63. The van der Waals surface area contributed by atoms with Crippen LogP contribution < -0.4 is 5.32 Å². The molecule has 82 valence electrons. The third-order valence-electron chi connectivity index (χ3n) is 3.34. The van der Waals surface area contributed by atoms with Gasteiger partial charge in [-0.2, -0.15) is 0 Å². The highest BCUT2D eigenvalue weighted by molar-refractivity contribution is 8.00. The zero-order valence-electron chi connectivity index (χ0n) is 9.19. The molecule has 0 radical (unpaired) electrons. The van der Waals surface area contributed by atoms with Gasteiger partial charge in [-0.05, 0) is 24.5 Å². The normalized spacial score (nSPS) is 39.6. The molecule has 2 aliphatic rings. The van der Waals surface area contributed by atoms with Gasteiger partial charge in [-0.25, -0.2) is 0 Å². The van der Waals surface area contributed by atoms with Crippen LogP contribution in [-0.2, 0) is 0 Å². The SMILES string of the molecule is CC1CNC(c2ccc(C3CC3C)o2)S1. The Morgan fingerprint density at radius 3 is 2.67 bits per heavy atom. The molecule has 2 nitrogen and oxygen atoms in total. The fraction of sp³-hybridized carbons (Fsp3) is 0.667. The highest BCUT2D eigenvalue weighted by Crippen LogP contribution is 2.48. The van der Waals surface area contributed by atoms with Crippen molar-refractivity contribution >= 4 is 11.8 Å². The number of thioether (sulfide) groups is 1. The molecule has 1 saturated carbocycles. The molecule has 0 aromatic carbocycles. The van der Waals surface area contributed by atoms with Crippen molar-refractivity contribution in [2.45, 2.75) is 36.8 Å². The van der Waals surface area contributed by atoms with Gasteiger partial charge in [-0.1, -0.05) is 13.8 Å². The average Bonchev–Trinajstić information content (AvgIpc) is 2.71. The van der Waals surface area contributed by atoms with Crippen molar-refractivity contribution in [1.82, 2.24) is 5.32 Å². The smallest absolute Gasteiger partial charge is 0.131 e. The van der Waals surface area contributed by atoms with Crippen molar-refractivity contribution in [3.05, 3.63) is 23.7 Å². The van der Waals surface area contributed by atoms with E-state index < -0.39 is 0 Å². The van der Waals surface area contributed by atoms with E-state index in [2.05, 4.69) is 31.3 Å². The molecule has 1 aromatic rings. The maximum absolute atomic E-state index is 5.93. The third kappa shape index (κ3) is 1.83. The van der Waals surface area contributed by atoms with Gasteiger partial charge in [0.1, 0.15) is 16.9 Å². The molecule has 15 heavy (non-hydrogen) atoms. The first-order valence-corrected chi connectivity index (χ1v) is 6.67. The Kier molecular flexibility index (Phi) is 2.33. The summed E-state index contributed by atoms with van der Waals surface area (Å²) < 4.78 is 5.93. The van der Waals surface area contributed by atoms with Gasteiger partial charge in [0.25, 0.3) is 0 Å². The van der Waals surface area contributed by atoms with Gasteiger partial charge >= 0.3 is 0 Å². The summed E-state index contributed by atoms with van der Waals surface area (Å²) in [7, 11) is 0. The van der Waals surface area contributed by atoms with Crippen molar-refractivity contribution in [2.75, 3.05) is 6.54 Å². The highest BCUT2D eigenvalue weighted by atomic mass is 32.2. The maximum Gasteiger partial charge on any atom is 0.131 e. The molecule has 1 aromatic heterocycles. The van der Waals surface area contributed by atoms with Crippen molar-refractivity contribution in [3.63, 3.8) is 0 Å². The van der Waals surface area contributed by atoms with Gasteiger partial charge in [0.2, 0.25) is 0 Å². The molecule has 3 rings (SSSR count). The van der Waals surface area contributed by atoms with Crippen LogP contribution in [0.25, 0.3) is 0 Å². The molecule has 1 aliphatic carbocycles. The lowest BCUT2D eigenvalue weighted by atomic mass is 10.3. The molecule has 1 aliphatic heterocycles. The fourth-order valence-electron chi connectivity index (χ4n) is 2.20. The van der Waals surface area contributed by atoms with E-state index >= 15 is 0 Å². The highest BCUT2D eigenvalue weighted by Gasteiger charge is 2.37. The minimum absolute atomic E-state index is 0.378.